The van der Waals surface area contributed by atoms with Gasteiger partial charge in [0.2, 0.25) is 0 Å². The zero-order valence-electron chi connectivity index (χ0n) is 26.2. The van der Waals surface area contributed by atoms with Gasteiger partial charge >= 0.3 is 11.9 Å². The number of hydrogen-bond donors (Lipinski definition) is 0. The summed E-state index contributed by atoms with van der Waals surface area (Å²) in [5, 5.41) is 0. The highest BCUT2D eigenvalue weighted by Crippen LogP contribution is 2.41. The lowest BCUT2D eigenvalue weighted by Gasteiger charge is -2.37. The molecule has 0 radical (unpaired) electrons. The summed E-state index contributed by atoms with van der Waals surface area (Å²) in [6.45, 7) is 9.42. The van der Waals surface area contributed by atoms with E-state index in [9.17, 15) is 9.59 Å². The number of rotatable bonds is 19. The van der Waals surface area contributed by atoms with Crippen LogP contribution < -0.4 is 4.74 Å². The molecule has 0 aliphatic heterocycles. The van der Waals surface area contributed by atoms with Crippen molar-refractivity contribution < 1.29 is 38.0 Å². The summed E-state index contributed by atoms with van der Waals surface area (Å²) in [5.41, 5.74) is 0.562. The van der Waals surface area contributed by atoms with E-state index in [4.69, 9.17) is 28.4 Å². The molecule has 2 aliphatic rings. The van der Waals surface area contributed by atoms with Crippen LogP contribution in [0.4, 0.5) is 0 Å². The molecule has 0 bridgehead atoms. The largest absolute Gasteiger partial charge is 0.491 e. The van der Waals surface area contributed by atoms with Gasteiger partial charge in [-0.25, -0.2) is 4.79 Å². The van der Waals surface area contributed by atoms with Gasteiger partial charge in [-0.05, 0) is 87.0 Å². The summed E-state index contributed by atoms with van der Waals surface area (Å²) in [6, 6.07) is 7.13. The highest BCUT2D eigenvalue weighted by molar-refractivity contribution is 5.89. The van der Waals surface area contributed by atoms with Crippen LogP contribution in [0, 0.1) is 23.7 Å². The molecule has 238 valence electrons. The first-order valence-electron chi connectivity index (χ1n) is 16.3. The molecule has 0 amide bonds. The molecule has 2 aliphatic carbocycles. The van der Waals surface area contributed by atoms with Crippen LogP contribution in [-0.4, -0.2) is 70.9 Å². The van der Waals surface area contributed by atoms with E-state index in [-0.39, 0.29) is 30.6 Å². The van der Waals surface area contributed by atoms with E-state index >= 15 is 0 Å². The van der Waals surface area contributed by atoms with Crippen LogP contribution >= 0.6 is 0 Å². The Morgan fingerprint density at radius 2 is 1.24 bits per heavy atom. The fourth-order valence-corrected chi connectivity index (χ4v) is 5.92. The second kappa shape index (κ2) is 19.9. The molecule has 2 saturated carbocycles. The predicted molar refractivity (Wildman–Crippen MR) is 162 cm³/mol. The van der Waals surface area contributed by atoms with E-state index in [1.54, 1.807) is 24.3 Å². The van der Waals surface area contributed by atoms with Crippen molar-refractivity contribution in [1.82, 2.24) is 0 Å². The van der Waals surface area contributed by atoms with Crippen LogP contribution in [0.15, 0.2) is 24.3 Å². The molecule has 3 rings (SSSR count). The van der Waals surface area contributed by atoms with Crippen molar-refractivity contribution in [3.05, 3.63) is 29.8 Å². The molecule has 1 unspecified atom stereocenters. The number of benzene rings is 1. The summed E-state index contributed by atoms with van der Waals surface area (Å²) in [5.74, 6) is 2.83. The van der Waals surface area contributed by atoms with E-state index < -0.39 is 0 Å². The van der Waals surface area contributed by atoms with E-state index in [1.165, 1.54) is 44.9 Å². The Hall–Kier alpha value is -2.16. The van der Waals surface area contributed by atoms with Gasteiger partial charge in [0.15, 0.2) is 0 Å². The summed E-state index contributed by atoms with van der Waals surface area (Å²) >= 11 is 0. The number of esters is 2. The number of hydrogen-bond acceptors (Lipinski definition) is 8. The summed E-state index contributed by atoms with van der Waals surface area (Å²) < 4.78 is 33.1. The zero-order valence-corrected chi connectivity index (χ0v) is 26.2. The van der Waals surface area contributed by atoms with Crippen molar-refractivity contribution >= 4 is 11.9 Å². The second-order valence-electron chi connectivity index (χ2n) is 11.8. The first kappa shape index (κ1) is 34.3. The molecular weight excluding hydrogens is 536 g/mol. The quantitative estimate of drug-likeness (QED) is 0.131. The molecule has 8 nitrogen and oxygen atoms in total. The van der Waals surface area contributed by atoms with E-state index in [0.29, 0.717) is 57.6 Å². The van der Waals surface area contributed by atoms with E-state index in [0.717, 1.165) is 37.0 Å². The number of ether oxygens (including phenoxy) is 6. The lowest BCUT2D eigenvalue weighted by molar-refractivity contribution is -0.149. The van der Waals surface area contributed by atoms with Gasteiger partial charge in [-0.15, -0.1) is 0 Å². The van der Waals surface area contributed by atoms with Crippen LogP contribution in [0.1, 0.15) is 95.3 Å². The Morgan fingerprint density at radius 1 is 0.714 bits per heavy atom. The lowest BCUT2D eigenvalue weighted by Crippen LogP contribution is -2.29. The van der Waals surface area contributed by atoms with Crippen LogP contribution in [-0.2, 0) is 28.5 Å². The minimum absolute atomic E-state index is 0.0381. The van der Waals surface area contributed by atoms with Gasteiger partial charge in [0.1, 0.15) is 25.1 Å². The number of carbonyl (C=O) groups excluding carboxylic acids is 2. The molecule has 0 spiro atoms. The Labute approximate surface area is 253 Å². The topological polar surface area (TPSA) is 89.5 Å². The molecule has 0 aromatic heterocycles. The molecule has 42 heavy (non-hydrogen) atoms. The molecule has 0 saturated heterocycles. The van der Waals surface area contributed by atoms with Crippen LogP contribution in [0.2, 0.25) is 0 Å². The third-order valence-corrected chi connectivity index (χ3v) is 8.95. The highest BCUT2D eigenvalue weighted by atomic mass is 16.6. The third kappa shape index (κ3) is 12.6. The highest BCUT2D eigenvalue weighted by Gasteiger charge is 2.31. The summed E-state index contributed by atoms with van der Waals surface area (Å²) in [7, 11) is 0. The smallest absolute Gasteiger partial charge is 0.338 e. The SMILES string of the molecule is CCC1CCC(C2CCC(OC(=O)c3ccc(OCCOCCOCCOCCOC(=O)C(C)CC)cc3)CC2)CC1. The maximum absolute atomic E-state index is 12.7. The standard InChI is InChI=1S/C34H54O8/c1-4-26(3)33(35)41-25-23-39-21-19-37-18-20-38-22-24-40-31-14-12-30(13-15-31)34(36)42-32-16-10-29(11-17-32)28-8-6-27(5-2)7-9-28/h12-15,26-29,32H,4-11,16-25H2,1-3H3. The summed E-state index contributed by atoms with van der Waals surface area (Å²) in [6.07, 6.45) is 12.1. The van der Waals surface area contributed by atoms with Crippen LogP contribution in [0.25, 0.3) is 0 Å². The van der Waals surface area contributed by atoms with Gasteiger partial charge in [-0.2, -0.15) is 0 Å². The van der Waals surface area contributed by atoms with E-state index in [1.807, 2.05) is 13.8 Å². The van der Waals surface area contributed by atoms with Gasteiger partial charge in [0, 0.05) is 0 Å². The van der Waals surface area contributed by atoms with Gasteiger partial charge in [0.25, 0.3) is 0 Å². The van der Waals surface area contributed by atoms with E-state index in [2.05, 4.69) is 6.92 Å². The van der Waals surface area contributed by atoms with Crippen LogP contribution in [0.3, 0.4) is 0 Å². The Kier molecular flexibility index (Phi) is 16.3. The average Bonchev–Trinajstić information content (AvgIpc) is 3.03. The molecule has 0 heterocycles. The van der Waals surface area contributed by atoms with Crippen molar-refractivity contribution in [2.45, 2.75) is 91.1 Å². The molecule has 1 aromatic carbocycles. The van der Waals surface area contributed by atoms with Crippen molar-refractivity contribution in [3.63, 3.8) is 0 Å². The first-order valence-corrected chi connectivity index (χ1v) is 16.3. The molecule has 8 heteroatoms. The fourth-order valence-electron chi connectivity index (χ4n) is 5.92. The zero-order chi connectivity index (χ0) is 30.0. The van der Waals surface area contributed by atoms with Gasteiger partial charge in [0.05, 0.1) is 51.1 Å². The van der Waals surface area contributed by atoms with Crippen molar-refractivity contribution in [1.29, 1.82) is 0 Å². The average molecular weight is 591 g/mol. The Bertz CT molecular complexity index is 872. The van der Waals surface area contributed by atoms with Gasteiger partial charge in [-0.3, -0.25) is 4.79 Å². The van der Waals surface area contributed by atoms with Crippen molar-refractivity contribution in [2.75, 3.05) is 52.9 Å². The first-order chi connectivity index (χ1) is 20.5. The molecule has 1 atom stereocenters. The van der Waals surface area contributed by atoms with Crippen molar-refractivity contribution in [2.24, 2.45) is 23.7 Å². The molecular formula is C34H54O8. The molecule has 2 fully saturated rings. The third-order valence-electron chi connectivity index (χ3n) is 8.95. The van der Waals surface area contributed by atoms with Crippen molar-refractivity contribution in [3.8, 4) is 5.75 Å². The summed E-state index contributed by atoms with van der Waals surface area (Å²) in [4.78, 5) is 24.2. The fraction of sp³-hybridized carbons (Fsp3) is 0.765. The van der Waals surface area contributed by atoms with Gasteiger partial charge in [-0.1, -0.05) is 40.0 Å². The molecule has 1 aromatic rings. The minimum atomic E-state index is -0.243. The van der Waals surface area contributed by atoms with Gasteiger partial charge < -0.3 is 28.4 Å². The van der Waals surface area contributed by atoms with Crippen LogP contribution in [0.5, 0.6) is 5.75 Å². The normalized spacial score (nSPS) is 23.2. The predicted octanol–water partition coefficient (Wildman–Crippen LogP) is 6.64. The Balaban J connectivity index is 1.16. The lowest BCUT2D eigenvalue weighted by atomic mass is 9.70. The maximum Gasteiger partial charge on any atom is 0.338 e. The monoisotopic (exact) mass is 590 g/mol. The minimum Gasteiger partial charge on any atom is -0.491 e. The second-order valence-corrected chi connectivity index (χ2v) is 11.8. The number of carbonyl (C=O) groups is 2. The molecule has 0 N–H and O–H groups in total. The maximum atomic E-state index is 12.7. The Morgan fingerprint density at radius 3 is 1.79 bits per heavy atom.